The molecule has 0 unspecified atom stereocenters. The van der Waals surface area contributed by atoms with Crippen LogP contribution in [-0.4, -0.2) is 38.4 Å². The maximum atomic E-state index is 11.9. The number of fused-ring (bicyclic) bond motifs is 3. The number of hydrogen-bond donors (Lipinski definition) is 1. The Morgan fingerprint density at radius 3 is 2.55 bits per heavy atom. The number of nitrogens with zero attached hydrogens (tertiary/aromatic N) is 3. The van der Waals surface area contributed by atoms with Crippen LogP contribution in [0.2, 0.25) is 0 Å². The topological polar surface area (TPSA) is 78.3 Å². The van der Waals surface area contributed by atoms with Gasteiger partial charge in [0.25, 0.3) is 0 Å². The van der Waals surface area contributed by atoms with Gasteiger partial charge in [-0.15, -0.1) is 0 Å². The maximum absolute atomic E-state index is 11.9. The molecular weight excluding hydrogens is 416 g/mol. The van der Waals surface area contributed by atoms with E-state index in [1.54, 1.807) is 0 Å². The smallest absolute Gasteiger partial charge is 0.407 e. The quantitative estimate of drug-likeness (QED) is 0.467. The lowest BCUT2D eigenvalue weighted by atomic mass is 9.89. The van der Waals surface area contributed by atoms with E-state index in [1.807, 2.05) is 57.6 Å². The highest BCUT2D eigenvalue weighted by Gasteiger charge is 2.33. The van der Waals surface area contributed by atoms with Crippen molar-refractivity contribution < 1.29 is 14.3 Å². The van der Waals surface area contributed by atoms with Crippen molar-refractivity contribution in [2.75, 3.05) is 0 Å². The van der Waals surface area contributed by atoms with Gasteiger partial charge >= 0.3 is 6.09 Å². The van der Waals surface area contributed by atoms with E-state index in [4.69, 9.17) is 9.47 Å². The van der Waals surface area contributed by atoms with E-state index in [9.17, 15) is 4.79 Å². The molecule has 1 saturated carbocycles. The summed E-state index contributed by atoms with van der Waals surface area (Å²) in [5.41, 5.74) is 3.97. The van der Waals surface area contributed by atoms with Crippen molar-refractivity contribution in [3.05, 3.63) is 55.0 Å². The van der Waals surface area contributed by atoms with E-state index in [2.05, 4.69) is 45.1 Å². The lowest BCUT2D eigenvalue weighted by Crippen LogP contribution is -2.50. The molecule has 0 spiro atoms. The number of nitrogens with one attached hydrogen (secondary N) is 1. The second kappa shape index (κ2) is 8.06. The number of pyridine rings is 2. The fourth-order valence-corrected chi connectivity index (χ4v) is 4.28. The van der Waals surface area contributed by atoms with Crippen LogP contribution in [0, 0.1) is 0 Å². The molecule has 3 aromatic heterocycles. The average molecular weight is 445 g/mol. The SMILES string of the molecule is Cn1c2ccncc2c2ccc(-c3ccc(OC4CC(NC(=O)OC(C)(C)C)C4)nc3)cc21. The molecule has 33 heavy (non-hydrogen) atoms. The molecule has 0 aliphatic heterocycles. The van der Waals surface area contributed by atoms with Crippen molar-refractivity contribution in [2.45, 2.75) is 51.4 Å². The highest BCUT2D eigenvalue weighted by atomic mass is 16.6. The summed E-state index contributed by atoms with van der Waals surface area (Å²) < 4.78 is 13.5. The zero-order valence-electron chi connectivity index (χ0n) is 19.3. The Morgan fingerprint density at radius 2 is 1.82 bits per heavy atom. The van der Waals surface area contributed by atoms with Gasteiger partial charge in [0, 0.05) is 72.4 Å². The second-order valence-corrected chi connectivity index (χ2v) is 9.62. The molecule has 0 atom stereocenters. The first-order valence-electron chi connectivity index (χ1n) is 11.2. The molecule has 5 rings (SSSR count). The Balaban J connectivity index is 1.23. The highest BCUT2D eigenvalue weighted by Crippen LogP contribution is 2.32. The van der Waals surface area contributed by atoms with Gasteiger partial charge < -0.3 is 19.4 Å². The molecule has 3 heterocycles. The largest absolute Gasteiger partial charge is 0.474 e. The third-order valence-corrected chi connectivity index (χ3v) is 5.98. The summed E-state index contributed by atoms with van der Waals surface area (Å²) in [4.78, 5) is 20.6. The first-order valence-corrected chi connectivity index (χ1v) is 11.2. The Labute approximate surface area is 192 Å². The molecular formula is C26H28N4O3. The third-order valence-electron chi connectivity index (χ3n) is 5.98. The van der Waals surface area contributed by atoms with Gasteiger partial charge in [0.05, 0.1) is 5.52 Å². The van der Waals surface area contributed by atoms with Crippen molar-refractivity contribution in [1.82, 2.24) is 19.9 Å². The van der Waals surface area contributed by atoms with Gasteiger partial charge in [0.15, 0.2) is 0 Å². The Hall–Kier alpha value is -3.61. The lowest BCUT2D eigenvalue weighted by molar-refractivity contribution is 0.0355. The Bertz CT molecular complexity index is 1320. The normalized spacial score (nSPS) is 18.2. The molecule has 1 aliphatic rings. The molecule has 170 valence electrons. The molecule has 7 nitrogen and oxygen atoms in total. The number of carbonyl (C=O) groups is 1. The molecule has 4 aromatic rings. The molecule has 1 aliphatic carbocycles. The molecule has 0 saturated heterocycles. The van der Waals surface area contributed by atoms with Crippen LogP contribution < -0.4 is 10.1 Å². The molecule has 1 amide bonds. The van der Waals surface area contributed by atoms with Gasteiger partial charge in [-0.25, -0.2) is 9.78 Å². The number of hydrogen-bond acceptors (Lipinski definition) is 5. The summed E-state index contributed by atoms with van der Waals surface area (Å²) in [5.74, 6) is 0.594. The van der Waals surface area contributed by atoms with E-state index in [0.29, 0.717) is 5.88 Å². The molecule has 0 radical (unpaired) electrons. The van der Waals surface area contributed by atoms with Gasteiger partial charge in [-0.2, -0.15) is 0 Å². The van der Waals surface area contributed by atoms with Gasteiger partial charge in [0.1, 0.15) is 11.7 Å². The van der Waals surface area contributed by atoms with Crippen molar-refractivity contribution in [3.8, 4) is 17.0 Å². The number of benzene rings is 1. The highest BCUT2D eigenvalue weighted by molar-refractivity contribution is 6.08. The van der Waals surface area contributed by atoms with Crippen LogP contribution in [0.4, 0.5) is 4.79 Å². The first-order chi connectivity index (χ1) is 15.8. The summed E-state index contributed by atoms with van der Waals surface area (Å²) in [5, 5.41) is 5.23. The number of aryl methyl sites for hydroxylation is 1. The summed E-state index contributed by atoms with van der Waals surface area (Å²) in [6, 6.07) is 12.5. The average Bonchev–Trinajstić information content (AvgIpc) is 3.03. The van der Waals surface area contributed by atoms with Gasteiger partial charge in [-0.05, 0) is 44.5 Å². The van der Waals surface area contributed by atoms with Crippen molar-refractivity contribution >= 4 is 27.9 Å². The Morgan fingerprint density at radius 1 is 1.03 bits per heavy atom. The first kappa shape index (κ1) is 21.2. The van der Waals surface area contributed by atoms with Crippen LogP contribution in [0.3, 0.4) is 0 Å². The number of carbonyl (C=O) groups excluding carboxylic acids is 1. The minimum atomic E-state index is -0.495. The number of aromatic nitrogens is 3. The van der Waals surface area contributed by atoms with Crippen LogP contribution in [-0.2, 0) is 11.8 Å². The van der Waals surface area contributed by atoms with E-state index < -0.39 is 5.60 Å². The van der Waals surface area contributed by atoms with Crippen LogP contribution in [0.5, 0.6) is 5.88 Å². The van der Waals surface area contributed by atoms with Crippen LogP contribution in [0.15, 0.2) is 55.0 Å². The minimum absolute atomic E-state index is 0.0454. The predicted octanol–water partition coefficient (Wildman–Crippen LogP) is 5.22. The van der Waals surface area contributed by atoms with Gasteiger partial charge in [-0.3, -0.25) is 4.98 Å². The van der Waals surface area contributed by atoms with Crippen LogP contribution >= 0.6 is 0 Å². The maximum Gasteiger partial charge on any atom is 0.407 e. The summed E-state index contributed by atoms with van der Waals surface area (Å²) in [6.45, 7) is 5.56. The van der Waals surface area contributed by atoms with Gasteiger partial charge in [-0.1, -0.05) is 12.1 Å². The van der Waals surface area contributed by atoms with Crippen molar-refractivity contribution in [3.63, 3.8) is 0 Å². The third kappa shape index (κ3) is 4.35. The molecule has 7 heteroatoms. The zero-order valence-corrected chi connectivity index (χ0v) is 19.3. The molecule has 1 aromatic carbocycles. The van der Waals surface area contributed by atoms with E-state index in [-0.39, 0.29) is 18.2 Å². The van der Waals surface area contributed by atoms with E-state index in [0.717, 1.165) is 34.9 Å². The molecule has 1 N–H and O–H groups in total. The number of alkyl carbamates (subject to hydrolysis) is 1. The fraction of sp³-hybridized carbons (Fsp3) is 0.346. The predicted molar refractivity (Wildman–Crippen MR) is 128 cm³/mol. The van der Waals surface area contributed by atoms with Gasteiger partial charge in [0.2, 0.25) is 5.88 Å². The van der Waals surface area contributed by atoms with Crippen molar-refractivity contribution in [1.29, 1.82) is 0 Å². The van der Waals surface area contributed by atoms with E-state index >= 15 is 0 Å². The number of rotatable bonds is 4. The number of ether oxygens (including phenoxy) is 2. The lowest BCUT2D eigenvalue weighted by Gasteiger charge is -2.35. The molecule has 1 fully saturated rings. The van der Waals surface area contributed by atoms with Crippen molar-refractivity contribution in [2.24, 2.45) is 7.05 Å². The summed E-state index contributed by atoms with van der Waals surface area (Å²) >= 11 is 0. The fourth-order valence-electron chi connectivity index (χ4n) is 4.28. The Kier molecular flexibility index (Phi) is 5.19. The van der Waals surface area contributed by atoms with Crippen LogP contribution in [0.25, 0.3) is 32.9 Å². The zero-order chi connectivity index (χ0) is 23.2. The van der Waals surface area contributed by atoms with Crippen LogP contribution in [0.1, 0.15) is 33.6 Å². The summed E-state index contributed by atoms with van der Waals surface area (Å²) in [6.07, 6.45) is 6.74. The molecule has 0 bridgehead atoms. The minimum Gasteiger partial charge on any atom is -0.474 e. The summed E-state index contributed by atoms with van der Waals surface area (Å²) in [7, 11) is 2.08. The standard InChI is InChI=1S/C26H28N4O3/c1-26(2,3)33-25(31)29-18-12-19(13-18)32-24-8-6-17(14-28-24)16-5-7-20-21-15-27-10-9-22(21)30(4)23(20)11-16/h5-11,14-15,18-19H,12-13H2,1-4H3,(H,29,31). The van der Waals surface area contributed by atoms with E-state index in [1.165, 1.54) is 10.9 Å². The number of amides is 1. The monoisotopic (exact) mass is 444 g/mol. The second-order valence-electron chi connectivity index (χ2n) is 9.62.